The van der Waals surface area contributed by atoms with E-state index in [1.165, 1.54) is 25.7 Å². The second kappa shape index (κ2) is 6.97. The Labute approximate surface area is 104 Å². The van der Waals surface area contributed by atoms with Crippen molar-refractivity contribution in [2.75, 3.05) is 19.8 Å². The first-order chi connectivity index (χ1) is 8.08. The summed E-state index contributed by atoms with van der Waals surface area (Å²) in [5.74, 6) is 0.429. The predicted octanol–water partition coefficient (Wildman–Crippen LogP) is 1.44. The van der Waals surface area contributed by atoms with E-state index < -0.39 is 5.54 Å². The van der Waals surface area contributed by atoms with Gasteiger partial charge < -0.3 is 15.8 Å². The second-order valence-electron chi connectivity index (χ2n) is 5.20. The Kier molecular flexibility index (Phi) is 5.92. The molecule has 4 heteroatoms. The molecule has 4 nitrogen and oxygen atoms in total. The minimum absolute atomic E-state index is 0.302. The molecule has 0 bridgehead atoms. The highest BCUT2D eigenvalue weighted by molar-refractivity contribution is 5.84. The van der Waals surface area contributed by atoms with Crippen molar-refractivity contribution >= 4 is 5.91 Å². The lowest BCUT2D eigenvalue weighted by atomic mass is 9.97. The van der Waals surface area contributed by atoms with Crippen LogP contribution >= 0.6 is 0 Å². The van der Waals surface area contributed by atoms with Gasteiger partial charge in [-0.25, -0.2) is 0 Å². The highest BCUT2D eigenvalue weighted by Crippen LogP contribution is 2.24. The molecular weight excluding hydrogens is 216 g/mol. The Morgan fingerprint density at radius 1 is 1.47 bits per heavy atom. The quantitative estimate of drug-likeness (QED) is 0.633. The Morgan fingerprint density at radius 3 is 2.65 bits per heavy atom. The van der Waals surface area contributed by atoms with Crippen LogP contribution in [0.5, 0.6) is 0 Å². The van der Waals surface area contributed by atoms with Crippen molar-refractivity contribution in [3.8, 4) is 0 Å². The van der Waals surface area contributed by atoms with Gasteiger partial charge in [-0.15, -0.1) is 0 Å². The van der Waals surface area contributed by atoms with Gasteiger partial charge in [0, 0.05) is 13.2 Å². The third kappa shape index (κ3) is 4.64. The molecule has 1 saturated carbocycles. The molecule has 1 unspecified atom stereocenters. The molecule has 0 aromatic heterocycles. The second-order valence-corrected chi connectivity index (χ2v) is 5.20. The molecule has 1 atom stereocenters. The van der Waals surface area contributed by atoms with E-state index in [-0.39, 0.29) is 5.91 Å². The number of rotatable bonds is 8. The molecule has 100 valence electrons. The molecule has 1 aliphatic rings. The smallest absolute Gasteiger partial charge is 0.237 e. The minimum Gasteiger partial charge on any atom is -0.381 e. The molecule has 0 saturated heterocycles. The first-order valence-corrected chi connectivity index (χ1v) is 6.71. The monoisotopic (exact) mass is 242 g/mol. The van der Waals surface area contributed by atoms with Gasteiger partial charge >= 0.3 is 0 Å². The summed E-state index contributed by atoms with van der Waals surface area (Å²) >= 11 is 0. The third-order valence-electron chi connectivity index (χ3n) is 3.69. The van der Waals surface area contributed by atoms with E-state index in [4.69, 9.17) is 10.5 Å². The molecular formula is C13H26N2O2. The van der Waals surface area contributed by atoms with Crippen LogP contribution in [-0.4, -0.2) is 31.2 Å². The van der Waals surface area contributed by atoms with Crippen LogP contribution in [0.2, 0.25) is 0 Å². The number of nitrogens with two attached hydrogens (primary N) is 1. The molecule has 17 heavy (non-hydrogen) atoms. The molecule has 0 aromatic rings. The number of amides is 1. The maximum absolute atomic E-state index is 11.4. The summed E-state index contributed by atoms with van der Waals surface area (Å²) in [6, 6.07) is 0. The fourth-order valence-corrected chi connectivity index (χ4v) is 2.39. The van der Waals surface area contributed by atoms with E-state index in [0.717, 1.165) is 19.1 Å². The SMILES string of the molecule is CCNC(C)(CCOCC1CCCC1)C(N)=O. The number of hydrogen-bond acceptors (Lipinski definition) is 3. The van der Waals surface area contributed by atoms with E-state index in [2.05, 4.69) is 5.32 Å². The average Bonchev–Trinajstić information content (AvgIpc) is 2.77. The van der Waals surface area contributed by atoms with Gasteiger partial charge in [-0.3, -0.25) is 4.79 Å². The van der Waals surface area contributed by atoms with Crippen LogP contribution in [0.4, 0.5) is 0 Å². The number of likely N-dealkylation sites (N-methyl/N-ethyl adjacent to an activating group) is 1. The average molecular weight is 242 g/mol. The fourth-order valence-electron chi connectivity index (χ4n) is 2.39. The van der Waals surface area contributed by atoms with Gasteiger partial charge in [0.1, 0.15) is 0 Å². The molecule has 0 spiro atoms. The van der Waals surface area contributed by atoms with E-state index in [0.29, 0.717) is 13.0 Å². The van der Waals surface area contributed by atoms with Crippen LogP contribution in [0.25, 0.3) is 0 Å². The largest absolute Gasteiger partial charge is 0.381 e. The molecule has 0 aromatic carbocycles. The highest BCUT2D eigenvalue weighted by Gasteiger charge is 2.29. The Balaban J connectivity index is 2.20. The summed E-state index contributed by atoms with van der Waals surface area (Å²) in [5, 5.41) is 3.13. The number of nitrogens with one attached hydrogen (secondary N) is 1. The Hall–Kier alpha value is -0.610. The fraction of sp³-hybridized carbons (Fsp3) is 0.923. The van der Waals surface area contributed by atoms with E-state index in [1.807, 2.05) is 13.8 Å². The lowest BCUT2D eigenvalue weighted by Crippen LogP contribution is -2.53. The van der Waals surface area contributed by atoms with Crippen LogP contribution in [-0.2, 0) is 9.53 Å². The normalized spacial score (nSPS) is 20.4. The summed E-state index contributed by atoms with van der Waals surface area (Å²) in [4.78, 5) is 11.4. The number of carbonyl (C=O) groups excluding carboxylic acids is 1. The summed E-state index contributed by atoms with van der Waals surface area (Å²) in [6.07, 6.45) is 5.90. The van der Waals surface area contributed by atoms with Gasteiger partial charge in [0.2, 0.25) is 5.91 Å². The van der Waals surface area contributed by atoms with E-state index >= 15 is 0 Å². The molecule has 1 amide bonds. The molecule has 1 rings (SSSR count). The van der Waals surface area contributed by atoms with Gasteiger partial charge in [0.05, 0.1) is 5.54 Å². The molecule has 3 N–H and O–H groups in total. The van der Waals surface area contributed by atoms with Crippen molar-refractivity contribution in [2.45, 2.75) is 51.5 Å². The maximum atomic E-state index is 11.4. The van der Waals surface area contributed by atoms with Crippen molar-refractivity contribution in [2.24, 2.45) is 11.7 Å². The predicted molar refractivity (Wildman–Crippen MR) is 68.7 cm³/mol. The summed E-state index contributed by atoms with van der Waals surface area (Å²) in [5.41, 5.74) is 4.77. The van der Waals surface area contributed by atoms with Crippen LogP contribution in [0.3, 0.4) is 0 Å². The number of carbonyl (C=O) groups is 1. The molecule has 1 aliphatic carbocycles. The van der Waals surface area contributed by atoms with Crippen molar-refractivity contribution < 1.29 is 9.53 Å². The van der Waals surface area contributed by atoms with E-state index in [9.17, 15) is 4.79 Å². The number of hydrogen-bond donors (Lipinski definition) is 2. The summed E-state index contributed by atoms with van der Waals surface area (Å²) < 4.78 is 5.66. The molecule has 0 heterocycles. The lowest BCUT2D eigenvalue weighted by Gasteiger charge is -2.27. The Morgan fingerprint density at radius 2 is 2.12 bits per heavy atom. The first-order valence-electron chi connectivity index (χ1n) is 6.71. The maximum Gasteiger partial charge on any atom is 0.237 e. The highest BCUT2D eigenvalue weighted by atomic mass is 16.5. The van der Waals surface area contributed by atoms with Crippen LogP contribution in [0.1, 0.15) is 46.0 Å². The standard InChI is InChI=1S/C13H26N2O2/c1-3-15-13(2,12(14)16)8-9-17-10-11-6-4-5-7-11/h11,15H,3-10H2,1-2H3,(H2,14,16). The third-order valence-corrected chi connectivity index (χ3v) is 3.69. The van der Waals surface area contributed by atoms with Gasteiger partial charge in [-0.05, 0) is 38.6 Å². The van der Waals surface area contributed by atoms with Gasteiger partial charge in [0.15, 0.2) is 0 Å². The summed E-state index contributed by atoms with van der Waals surface area (Å²) in [6.45, 7) is 5.99. The van der Waals surface area contributed by atoms with Crippen molar-refractivity contribution in [3.05, 3.63) is 0 Å². The first kappa shape index (κ1) is 14.5. The van der Waals surface area contributed by atoms with Crippen LogP contribution < -0.4 is 11.1 Å². The van der Waals surface area contributed by atoms with Crippen molar-refractivity contribution in [1.29, 1.82) is 0 Å². The minimum atomic E-state index is -0.634. The van der Waals surface area contributed by atoms with E-state index in [1.54, 1.807) is 0 Å². The zero-order chi connectivity index (χ0) is 12.7. The lowest BCUT2D eigenvalue weighted by molar-refractivity contribution is -0.124. The summed E-state index contributed by atoms with van der Waals surface area (Å²) in [7, 11) is 0. The zero-order valence-electron chi connectivity index (χ0n) is 11.1. The van der Waals surface area contributed by atoms with Crippen molar-refractivity contribution in [3.63, 3.8) is 0 Å². The molecule has 0 aliphatic heterocycles. The van der Waals surface area contributed by atoms with Gasteiger partial charge in [-0.2, -0.15) is 0 Å². The molecule has 1 fully saturated rings. The topological polar surface area (TPSA) is 64.3 Å². The van der Waals surface area contributed by atoms with Gasteiger partial charge in [0.25, 0.3) is 0 Å². The van der Waals surface area contributed by atoms with Crippen LogP contribution in [0, 0.1) is 5.92 Å². The number of ether oxygens (including phenoxy) is 1. The van der Waals surface area contributed by atoms with Gasteiger partial charge in [-0.1, -0.05) is 19.8 Å². The van der Waals surface area contributed by atoms with Crippen molar-refractivity contribution in [1.82, 2.24) is 5.32 Å². The molecule has 0 radical (unpaired) electrons. The van der Waals surface area contributed by atoms with Crippen LogP contribution in [0.15, 0.2) is 0 Å². The zero-order valence-corrected chi connectivity index (χ0v) is 11.1. The Bertz CT molecular complexity index is 240. The number of primary amides is 1.